The maximum Gasteiger partial charge on any atom is 0.251 e. The minimum atomic E-state index is -1.02. The zero-order chi connectivity index (χ0) is 48.2. The van der Waals surface area contributed by atoms with Crippen LogP contribution in [0.2, 0.25) is 0 Å². The van der Waals surface area contributed by atoms with Crippen LogP contribution in [0.15, 0.2) is 91.3 Å². The molecule has 2 saturated heterocycles. The van der Waals surface area contributed by atoms with Gasteiger partial charge in [0.25, 0.3) is 5.91 Å². The lowest BCUT2D eigenvalue weighted by atomic mass is 9.86. The molecule has 3 aromatic carbocycles. The van der Waals surface area contributed by atoms with E-state index < -0.39 is 23.7 Å². The molecule has 3 atom stereocenters. The van der Waals surface area contributed by atoms with E-state index in [0.717, 1.165) is 85.6 Å². The van der Waals surface area contributed by atoms with E-state index in [1.54, 1.807) is 35.5 Å². The SMILES string of the molecule is C[C@@H](NC(=O)c1cccc(NC2(c3nc(-c4ccncc4)n[nH]3)CCN(C)CC2)c1)c1cccc(OCCCCCCOCCOCC(=O)Nc2cccc3c2CN(C2CCC(=O)NC2=O)C3O)c1. The van der Waals surface area contributed by atoms with Crippen molar-refractivity contribution in [1.82, 2.24) is 40.6 Å². The second-order valence-electron chi connectivity index (χ2n) is 18.0. The summed E-state index contributed by atoms with van der Waals surface area (Å²) in [5, 5.41) is 30.8. The average Bonchev–Trinajstić information content (AvgIpc) is 3.99. The highest BCUT2D eigenvalue weighted by atomic mass is 16.5. The molecule has 364 valence electrons. The lowest BCUT2D eigenvalue weighted by Gasteiger charge is -2.40. The molecule has 6 N–H and O–H groups in total. The van der Waals surface area contributed by atoms with Crippen LogP contribution in [-0.2, 0) is 35.9 Å². The molecular weight excluding hydrogens is 881 g/mol. The third-order valence-electron chi connectivity index (χ3n) is 13.0. The Morgan fingerprint density at radius 1 is 0.913 bits per heavy atom. The van der Waals surface area contributed by atoms with Gasteiger partial charge in [0.1, 0.15) is 18.6 Å². The number of nitrogens with zero attached hydrogens (tertiary/aromatic N) is 5. The van der Waals surface area contributed by atoms with Gasteiger partial charge in [-0.25, -0.2) is 4.98 Å². The number of piperidine rings is 2. The van der Waals surface area contributed by atoms with Crippen LogP contribution in [0, 0.1) is 0 Å². The highest BCUT2D eigenvalue weighted by Crippen LogP contribution is 2.39. The maximum absolute atomic E-state index is 13.6. The Hall–Kier alpha value is -6.57. The van der Waals surface area contributed by atoms with Crippen molar-refractivity contribution in [3.63, 3.8) is 0 Å². The second-order valence-corrected chi connectivity index (χ2v) is 18.0. The molecule has 18 nitrogen and oxygen atoms in total. The van der Waals surface area contributed by atoms with Gasteiger partial charge in [0.05, 0.1) is 37.4 Å². The molecule has 0 spiro atoms. The molecular formula is C51H62N10O8. The Labute approximate surface area is 401 Å². The average molecular weight is 943 g/mol. The summed E-state index contributed by atoms with van der Waals surface area (Å²) in [6.07, 6.45) is 8.33. The van der Waals surface area contributed by atoms with Crippen molar-refractivity contribution in [2.75, 3.05) is 63.8 Å². The third kappa shape index (κ3) is 12.6. The zero-order valence-corrected chi connectivity index (χ0v) is 39.2. The minimum Gasteiger partial charge on any atom is -0.494 e. The number of aliphatic hydroxyl groups is 1. The molecule has 2 unspecified atom stereocenters. The van der Waals surface area contributed by atoms with Crippen LogP contribution in [-0.4, -0.2) is 118 Å². The molecule has 69 heavy (non-hydrogen) atoms. The van der Waals surface area contributed by atoms with Crippen LogP contribution >= 0.6 is 0 Å². The van der Waals surface area contributed by atoms with E-state index >= 15 is 0 Å². The van der Waals surface area contributed by atoms with E-state index in [9.17, 15) is 24.3 Å². The van der Waals surface area contributed by atoms with Gasteiger partial charge in [-0.15, -0.1) is 0 Å². The molecule has 2 fully saturated rings. The number of nitrogens with one attached hydrogen (secondary N) is 5. The Kier molecular flexibility index (Phi) is 16.4. The Morgan fingerprint density at radius 2 is 1.68 bits per heavy atom. The number of benzene rings is 3. The van der Waals surface area contributed by atoms with Crippen molar-refractivity contribution in [2.24, 2.45) is 0 Å². The summed E-state index contributed by atoms with van der Waals surface area (Å²) < 4.78 is 17.3. The van der Waals surface area contributed by atoms with E-state index in [1.807, 2.05) is 67.6 Å². The lowest BCUT2D eigenvalue weighted by Crippen LogP contribution is -2.51. The van der Waals surface area contributed by atoms with Gasteiger partial charge >= 0.3 is 0 Å². The van der Waals surface area contributed by atoms with Crippen molar-refractivity contribution < 1.29 is 38.5 Å². The summed E-state index contributed by atoms with van der Waals surface area (Å²) in [5.41, 5.74) is 4.62. The van der Waals surface area contributed by atoms with Crippen LogP contribution in [0.25, 0.3) is 11.4 Å². The fourth-order valence-corrected chi connectivity index (χ4v) is 9.07. The largest absolute Gasteiger partial charge is 0.494 e. The number of fused-ring (bicyclic) bond motifs is 1. The summed E-state index contributed by atoms with van der Waals surface area (Å²) in [7, 11) is 2.12. The molecule has 18 heteroatoms. The topological polar surface area (TPSA) is 225 Å². The molecule has 5 aromatic rings. The Balaban J connectivity index is 0.700. The van der Waals surface area contributed by atoms with Crippen molar-refractivity contribution in [2.45, 2.75) is 88.7 Å². The maximum atomic E-state index is 13.6. The number of likely N-dealkylation sites (tertiary alicyclic amines) is 1. The van der Waals surface area contributed by atoms with E-state index in [0.29, 0.717) is 48.9 Å². The number of aromatic nitrogens is 4. The highest BCUT2D eigenvalue weighted by Gasteiger charge is 2.41. The normalized spacial score (nSPS) is 18.5. The number of imide groups is 1. The lowest BCUT2D eigenvalue weighted by molar-refractivity contribution is -0.141. The number of aliphatic hydroxyl groups excluding tert-OH is 1. The predicted octanol–water partition coefficient (Wildman–Crippen LogP) is 5.61. The van der Waals surface area contributed by atoms with Crippen molar-refractivity contribution in [3.8, 4) is 17.1 Å². The van der Waals surface area contributed by atoms with Crippen molar-refractivity contribution in [3.05, 3.63) is 119 Å². The number of anilines is 2. The van der Waals surface area contributed by atoms with Gasteiger partial charge in [0.2, 0.25) is 17.7 Å². The third-order valence-corrected chi connectivity index (χ3v) is 13.0. The van der Waals surface area contributed by atoms with E-state index in [4.69, 9.17) is 19.2 Å². The molecule has 0 bridgehead atoms. The molecule has 3 aliphatic heterocycles. The quantitative estimate of drug-likeness (QED) is 0.0367. The number of pyridine rings is 1. The first-order valence-electron chi connectivity index (χ1n) is 23.8. The first-order chi connectivity index (χ1) is 33.5. The minimum absolute atomic E-state index is 0.156. The number of carbonyl (C=O) groups is 4. The number of rotatable bonds is 22. The number of amides is 4. The summed E-state index contributed by atoms with van der Waals surface area (Å²) >= 11 is 0. The molecule has 3 aliphatic rings. The van der Waals surface area contributed by atoms with Gasteiger partial charge in [0.15, 0.2) is 11.6 Å². The number of aromatic amines is 1. The van der Waals surface area contributed by atoms with Gasteiger partial charge in [-0.1, -0.05) is 36.8 Å². The smallest absolute Gasteiger partial charge is 0.251 e. The molecule has 0 radical (unpaired) electrons. The first-order valence-corrected chi connectivity index (χ1v) is 23.8. The first kappa shape index (κ1) is 48.9. The second kappa shape index (κ2) is 23.2. The predicted molar refractivity (Wildman–Crippen MR) is 258 cm³/mol. The van der Waals surface area contributed by atoms with Crippen LogP contribution < -0.4 is 26.0 Å². The van der Waals surface area contributed by atoms with Crippen LogP contribution in [0.4, 0.5) is 11.4 Å². The monoisotopic (exact) mass is 942 g/mol. The van der Waals surface area contributed by atoms with E-state index in [2.05, 4.69) is 48.4 Å². The van der Waals surface area contributed by atoms with Gasteiger partial charge < -0.3 is 40.2 Å². The Bertz CT molecular complexity index is 2550. The number of hydrogen-bond donors (Lipinski definition) is 6. The molecule has 0 saturated carbocycles. The van der Waals surface area contributed by atoms with Crippen molar-refractivity contribution >= 4 is 35.0 Å². The number of carbonyl (C=O) groups excluding carboxylic acids is 4. The van der Waals surface area contributed by atoms with Gasteiger partial charge in [-0.3, -0.25) is 39.5 Å². The molecule has 8 rings (SSSR count). The van der Waals surface area contributed by atoms with Gasteiger partial charge in [-0.2, -0.15) is 5.10 Å². The number of ether oxygens (including phenoxy) is 3. The summed E-state index contributed by atoms with van der Waals surface area (Å²) in [6.45, 7) is 5.62. The molecule has 0 aliphatic carbocycles. The van der Waals surface area contributed by atoms with E-state index in [1.165, 1.54) is 0 Å². The van der Waals surface area contributed by atoms with Crippen LogP contribution in [0.5, 0.6) is 5.75 Å². The Morgan fingerprint density at radius 3 is 2.49 bits per heavy atom. The summed E-state index contributed by atoms with van der Waals surface area (Å²) in [6, 6.07) is 23.6. The zero-order valence-electron chi connectivity index (χ0n) is 39.2. The van der Waals surface area contributed by atoms with E-state index in [-0.39, 0.29) is 49.9 Å². The van der Waals surface area contributed by atoms with Crippen LogP contribution in [0.3, 0.4) is 0 Å². The van der Waals surface area contributed by atoms with Crippen molar-refractivity contribution in [1.29, 1.82) is 0 Å². The fraction of sp³-hybridized carbons (Fsp3) is 0.431. The fourth-order valence-electron chi connectivity index (χ4n) is 9.07. The van der Waals surface area contributed by atoms with Gasteiger partial charge in [0, 0.05) is 73.1 Å². The van der Waals surface area contributed by atoms with Gasteiger partial charge in [-0.05, 0) is 112 Å². The number of unbranched alkanes of at least 4 members (excludes halogenated alkanes) is 3. The summed E-state index contributed by atoms with van der Waals surface area (Å²) in [5.74, 6) is 0.883. The van der Waals surface area contributed by atoms with Crippen LogP contribution in [0.1, 0.15) is 103 Å². The standard InChI is InChI=1S/C51H62N10O8/c1-34(53-47(64)37-11-7-12-38(30-37)57-51(20-24-60(2)25-21-51)50-56-46(58-59-50)35-18-22-52-23-19-35)36-10-8-13-39(31-36)69-27-6-4-3-5-26-67-28-29-68-33-45(63)54-42-15-9-14-40-41(42)32-61(49(40)66)43-16-17-44(62)55-48(43)65/h7-15,18-19,22-23,30-31,34,43,49,57,66H,3-6,16-17,20-21,24-29,32-33H2,1-2H3,(H,53,64)(H,54,63)(H,55,62,65)(H,56,58,59)/t34-,43?,49?/m1/s1. The summed E-state index contributed by atoms with van der Waals surface area (Å²) in [4.78, 5) is 63.3. The molecule has 2 aromatic heterocycles. The number of hydrogen-bond acceptors (Lipinski definition) is 14. The molecule has 4 amide bonds. The molecule has 5 heterocycles. The number of H-pyrrole nitrogens is 1. The highest BCUT2D eigenvalue weighted by molar-refractivity contribution is 6.00.